The highest BCUT2D eigenvalue weighted by molar-refractivity contribution is 5.64. The van der Waals surface area contributed by atoms with E-state index < -0.39 is 11.0 Å². The van der Waals surface area contributed by atoms with Crippen molar-refractivity contribution in [1.82, 2.24) is 4.90 Å². The molecule has 0 saturated carbocycles. The van der Waals surface area contributed by atoms with Crippen molar-refractivity contribution < 1.29 is 14.5 Å². The van der Waals surface area contributed by atoms with Crippen molar-refractivity contribution >= 4 is 11.8 Å². The molecular weight excluding hydrogens is 310 g/mol. The van der Waals surface area contributed by atoms with E-state index in [9.17, 15) is 14.9 Å². The van der Waals surface area contributed by atoms with Crippen LogP contribution in [-0.2, 0) is 11.3 Å². The summed E-state index contributed by atoms with van der Waals surface area (Å²) in [5.41, 5.74) is 6.29. The summed E-state index contributed by atoms with van der Waals surface area (Å²) in [4.78, 5) is 23.7. The number of nitrogens with two attached hydrogens (primary N) is 1. The van der Waals surface area contributed by atoms with Crippen molar-refractivity contribution in [3.8, 4) is 0 Å². The molecule has 2 N–H and O–H groups in total. The van der Waals surface area contributed by atoms with Gasteiger partial charge in [-0.1, -0.05) is 32.9 Å². The van der Waals surface area contributed by atoms with E-state index in [0.29, 0.717) is 6.54 Å². The van der Waals surface area contributed by atoms with Gasteiger partial charge in [0.1, 0.15) is 6.10 Å². The van der Waals surface area contributed by atoms with E-state index in [0.717, 1.165) is 24.9 Å². The molecule has 0 spiro atoms. The fourth-order valence-corrected chi connectivity index (χ4v) is 3.30. The minimum Gasteiger partial charge on any atom is -0.446 e. The summed E-state index contributed by atoms with van der Waals surface area (Å²) in [6, 6.07) is 6.88. The first-order chi connectivity index (χ1) is 11.2. The molecule has 2 rings (SSSR count). The molecule has 1 aliphatic heterocycles. The third-order valence-corrected chi connectivity index (χ3v) is 4.48. The van der Waals surface area contributed by atoms with Crippen LogP contribution in [0.3, 0.4) is 0 Å². The third-order valence-electron chi connectivity index (χ3n) is 4.48. The second-order valence-electron chi connectivity index (χ2n) is 7.36. The number of primary amides is 1. The van der Waals surface area contributed by atoms with Crippen molar-refractivity contribution in [2.24, 2.45) is 11.1 Å². The van der Waals surface area contributed by atoms with Crippen molar-refractivity contribution in [3.63, 3.8) is 0 Å². The first kappa shape index (κ1) is 18.2. The molecule has 132 valence electrons. The first-order valence-corrected chi connectivity index (χ1v) is 8.10. The van der Waals surface area contributed by atoms with Gasteiger partial charge in [0.25, 0.3) is 5.69 Å². The van der Waals surface area contributed by atoms with Crippen LogP contribution in [0.1, 0.15) is 39.2 Å². The quantitative estimate of drug-likeness (QED) is 0.673. The number of hydrogen-bond donors (Lipinski definition) is 1. The zero-order valence-electron chi connectivity index (χ0n) is 14.4. The summed E-state index contributed by atoms with van der Waals surface area (Å²) in [7, 11) is 0. The van der Waals surface area contributed by atoms with E-state index in [1.165, 1.54) is 12.1 Å². The maximum Gasteiger partial charge on any atom is 0.404 e. The number of carbonyl (C=O) groups is 1. The van der Waals surface area contributed by atoms with Gasteiger partial charge in [-0.15, -0.1) is 0 Å². The van der Waals surface area contributed by atoms with Crippen LogP contribution in [-0.4, -0.2) is 34.6 Å². The van der Waals surface area contributed by atoms with Crippen LogP contribution in [0.25, 0.3) is 0 Å². The second-order valence-corrected chi connectivity index (χ2v) is 7.36. The van der Waals surface area contributed by atoms with E-state index in [-0.39, 0.29) is 23.2 Å². The Kier molecular flexibility index (Phi) is 5.43. The molecule has 1 fully saturated rings. The van der Waals surface area contributed by atoms with Crippen LogP contribution >= 0.6 is 0 Å². The lowest BCUT2D eigenvalue weighted by atomic mass is 9.79. The topological polar surface area (TPSA) is 98.7 Å². The van der Waals surface area contributed by atoms with E-state index in [1.807, 2.05) is 0 Å². The SMILES string of the molecule is CC(C)(C)C1CC(OC(N)=O)CCN1Cc1ccc([N+](=O)[O-])cc1. The number of benzene rings is 1. The average Bonchev–Trinajstić information content (AvgIpc) is 2.47. The zero-order valence-corrected chi connectivity index (χ0v) is 14.4. The van der Waals surface area contributed by atoms with Gasteiger partial charge >= 0.3 is 6.09 Å². The fourth-order valence-electron chi connectivity index (χ4n) is 3.30. The van der Waals surface area contributed by atoms with Crippen molar-refractivity contribution in [1.29, 1.82) is 0 Å². The first-order valence-electron chi connectivity index (χ1n) is 8.10. The lowest BCUT2D eigenvalue weighted by molar-refractivity contribution is -0.384. The molecule has 0 aromatic heterocycles. The molecule has 1 aromatic carbocycles. The third kappa shape index (κ3) is 4.67. The second kappa shape index (κ2) is 7.17. The Hall–Kier alpha value is -2.15. The predicted octanol–water partition coefficient (Wildman–Crippen LogP) is 3.07. The molecule has 7 heteroatoms. The minimum absolute atomic E-state index is 0.0143. The van der Waals surface area contributed by atoms with Gasteiger partial charge in [-0.05, 0) is 17.4 Å². The smallest absolute Gasteiger partial charge is 0.404 e. The number of carbonyl (C=O) groups excluding carboxylic acids is 1. The number of likely N-dealkylation sites (tertiary alicyclic amines) is 1. The van der Waals surface area contributed by atoms with Crippen LogP contribution < -0.4 is 5.73 Å². The molecule has 0 bridgehead atoms. The zero-order chi connectivity index (χ0) is 17.9. The molecule has 2 atom stereocenters. The van der Waals surface area contributed by atoms with Gasteiger partial charge < -0.3 is 10.5 Å². The Morgan fingerprint density at radius 3 is 2.50 bits per heavy atom. The Bertz CT molecular complexity index is 595. The molecule has 1 aliphatic rings. The molecule has 2 unspecified atom stereocenters. The number of non-ortho nitro benzene ring substituents is 1. The molecule has 7 nitrogen and oxygen atoms in total. The number of hydrogen-bond acceptors (Lipinski definition) is 5. The van der Waals surface area contributed by atoms with Crippen LogP contribution in [0.5, 0.6) is 0 Å². The lowest BCUT2D eigenvalue weighted by Gasteiger charge is -2.45. The van der Waals surface area contributed by atoms with Gasteiger partial charge in [-0.2, -0.15) is 0 Å². The Morgan fingerprint density at radius 1 is 1.38 bits per heavy atom. The van der Waals surface area contributed by atoms with Crippen molar-refractivity contribution in [3.05, 3.63) is 39.9 Å². The highest BCUT2D eigenvalue weighted by Gasteiger charge is 2.37. The number of nitro groups is 1. The summed E-state index contributed by atoms with van der Waals surface area (Å²) in [5.74, 6) is 0. The van der Waals surface area contributed by atoms with E-state index in [4.69, 9.17) is 10.5 Å². The van der Waals surface area contributed by atoms with Gasteiger partial charge in [0.2, 0.25) is 0 Å². The van der Waals surface area contributed by atoms with Gasteiger partial charge in [0.15, 0.2) is 0 Å². The largest absolute Gasteiger partial charge is 0.446 e. The predicted molar refractivity (Wildman–Crippen MR) is 90.4 cm³/mol. The Labute approximate surface area is 141 Å². The highest BCUT2D eigenvalue weighted by atomic mass is 16.6. The van der Waals surface area contributed by atoms with Crippen molar-refractivity contribution in [2.75, 3.05) is 6.54 Å². The molecule has 1 heterocycles. The van der Waals surface area contributed by atoms with Gasteiger partial charge in [-0.25, -0.2) is 4.79 Å². The summed E-state index contributed by atoms with van der Waals surface area (Å²) in [6.07, 6.45) is 0.596. The molecule has 0 radical (unpaired) electrons. The lowest BCUT2D eigenvalue weighted by Crippen LogP contribution is -2.51. The van der Waals surface area contributed by atoms with E-state index in [2.05, 4.69) is 25.7 Å². The summed E-state index contributed by atoms with van der Waals surface area (Å²) in [6.45, 7) is 7.98. The molecule has 24 heavy (non-hydrogen) atoms. The molecular formula is C17H25N3O4. The molecule has 0 aliphatic carbocycles. The number of piperidine rings is 1. The van der Waals surface area contributed by atoms with E-state index >= 15 is 0 Å². The normalized spacial score (nSPS) is 22.1. The van der Waals surface area contributed by atoms with Gasteiger partial charge in [-0.3, -0.25) is 15.0 Å². The summed E-state index contributed by atoms with van der Waals surface area (Å²) < 4.78 is 5.19. The maximum absolute atomic E-state index is 11.0. The van der Waals surface area contributed by atoms with Crippen LogP contribution in [0.2, 0.25) is 0 Å². The van der Waals surface area contributed by atoms with E-state index in [1.54, 1.807) is 12.1 Å². The monoisotopic (exact) mass is 335 g/mol. The maximum atomic E-state index is 11.0. The van der Waals surface area contributed by atoms with Crippen molar-refractivity contribution in [2.45, 2.75) is 52.3 Å². The molecule has 1 amide bonds. The summed E-state index contributed by atoms with van der Waals surface area (Å²) >= 11 is 0. The Morgan fingerprint density at radius 2 is 2.00 bits per heavy atom. The number of nitrogens with zero attached hydrogens (tertiary/aromatic N) is 2. The average molecular weight is 335 g/mol. The number of nitro benzene ring substituents is 1. The van der Waals surface area contributed by atoms with Gasteiger partial charge in [0.05, 0.1) is 4.92 Å². The van der Waals surface area contributed by atoms with Gasteiger partial charge in [0, 0.05) is 37.7 Å². The highest BCUT2D eigenvalue weighted by Crippen LogP contribution is 2.34. The Balaban J connectivity index is 2.09. The number of rotatable bonds is 4. The van der Waals surface area contributed by atoms with Crippen LogP contribution in [0, 0.1) is 15.5 Å². The fraction of sp³-hybridized carbons (Fsp3) is 0.588. The minimum atomic E-state index is -0.725. The number of ether oxygens (including phenoxy) is 1. The standard InChI is InChI=1S/C17H25N3O4/c1-17(2,3)15-10-14(24-16(18)21)8-9-19(15)11-12-4-6-13(7-5-12)20(22)23/h4-7,14-15H,8-11H2,1-3H3,(H2,18,21). The van der Waals surface area contributed by atoms with Crippen LogP contribution in [0.4, 0.5) is 10.5 Å². The molecule has 1 saturated heterocycles. The van der Waals surface area contributed by atoms with Crippen LogP contribution in [0.15, 0.2) is 24.3 Å². The molecule has 1 aromatic rings. The number of amides is 1. The summed E-state index contributed by atoms with van der Waals surface area (Å²) in [5, 5.41) is 10.8.